The van der Waals surface area contributed by atoms with Crippen molar-refractivity contribution in [3.05, 3.63) is 24.3 Å². The summed E-state index contributed by atoms with van der Waals surface area (Å²) in [4.78, 5) is 14.6. The Balaban J connectivity index is 1.41. The maximum Gasteiger partial charge on any atom is 0.411 e. The Bertz CT molecular complexity index is 570. The molecule has 5 heteroatoms. The fourth-order valence-electron chi connectivity index (χ4n) is 3.89. The summed E-state index contributed by atoms with van der Waals surface area (Å²) < 4.78 is 11.5. The van der Waals surface area contributed by atoms with E-state index in [-0.39, 0.29) is 12.2 Å². The van der Waals surface area contributed by atoms with E-state index in [0.29, 0.717) is 5.92 Å². The fourth-order valence-corrected chi connectivity index (χ4v) is 3.89. The second kappa shape index (κ2) is 9.81. The van der Waals surface area contributed by atoms with E-state index >= 15 is 0 Å². The minimum atomic E-state index is -0.361. The molecule has 0 saturated carbocycles. The Morgan fingerprint density at radius 1 is 1.19 bits per heavy atom. The lowest BCUT2D eigenvalue weighted by Crippen LogP contribution is -2.52. The number of unbranched alkanes of at least 4 members (excludes halogenated alkanes) is 4. The van der Waals surface area contributed by atoms with Crippen LogP contribution in [0.4, 0.5) is 10.5 Å². The largest absolute Gasteiger partial charge is 0.494 e. The van der Waals surface area contributed by atoms with Gasteiger partial charge in [0.2, 0.25) is 0 Å². The van der Waals surface area contributed by atoms with E-state index < -0.39 is 0 Å². The van der Waals surface area contributed by atoms with Gasteiger partial charge >= 0.3 is 6.09 Å². The van der Waals surface area contributed by atoms with Gasteiger partial charge in [0.1, 0.15) is 11.9 Å². The molecule has 3 aliphatic rings. The topological polar surface area (TPSA) is 50.8 Å². The number of anilines is 1. The minimum absolute atomic E-state index is 0.0278. The highest BCUT2D eigenvalue weighted by Gasteiger charge is 2.36. The van der Waals surface area contributed by atoms with E-state index in [2.05, 4.69) is 17.1 Å². The molecular weight excluding hydrogens is 328 g/mol. The monoisotopic (exact) mass is 360 g/mol. The van der Waals surface area contributed by atoms with Gasteiger partial charge in [-0.05, 0) is 50.4 Å². The second-order valence-corrected chi connectivity index (χ2v) is 7.50. The maximum absolute atomic E-state index is 12.2. The normalized spacial score (nSPS) is 24.3. The molecule has 3 saturated heterocycles. The van der Waals surface area contributed by atoms with E-state index in [0.717, 1.165) is 56.9 Å². The molecule has 1 N–H and O–H groups in total. The zero-order chi connectivity index (χ0) is 18.2. The summed E-state index contributed by atoms with van der Waals surface area (Å²) in [6.45, 7) is 6.10. The van der Waals surface area contributed by atoms with Gasteiger partial charge in [0.25, 0.3) is 0 Å². The van der Waals surface area contributed by atoms with Crippen molar-refractivity contribution in [1.82, 2.24) is 4.90 Å². The molecule has 0 aliphatic carbocycles. The molecule has 0 unspecified atom stereocenters. The van der Waals surface area contributed by atoms with Crippen LogP contribution in [-0.2, 0) is 4.74 Å². The van der Waals surface area contributed by atoms with E-state index in [9.17, 15) is 4.79 Å². The number of carbonyl (C=O) groups is 1. The van der Waals surface area contributed by atoms with E-state index in [1.807, 2.05) is 24.3 Å². The Morgan fingerprint density at radius 3 is 2.73 bits per heavy atom. The van der Waals surface area contributed by atoms with Crippen molar-refractivity contribution in [2.45, 2.75) is 58.0 Å². The van der Waals surface area contributed by atoms with Crippen molar-refractivity contribution in [2.75, 3.05) is 31.6 Å². The zero-order valence-electron chi connectivity index (χ0n) is 15.9. The quantitative estimate of drug-likeness (QED) is 0.650. The number of piperidine rings is 3. The first-order valence-electron chi connectivity index (χ1n) is 10.2. The number of carbonyl (C=O) groups excluding carboxylic acids is 1. The number of amides is 1. The standard InChI is InChI=1S/C21H32N2O3/c1-2-3-4-5-6-14-25-19-9-7-8-18(15-19)22-21(24)26-20-16-23-12-10-17(20)11-13-23/h7-9,15,17,20H,2-6,10-14,16H2,1H3,(H,22,24)/t20-/m0/s1. The van der Waals surface area contributed by atoms with Crippen molar-refractivity contribution in [2.24, 2.45) is 5.92 Å². The molecule has 3 heterocycles. The van der Waals surface area contributed by atoms with Gasteiger partial charge in [-0.2, -0.15) is 0 Å². The number of nitrogens with zero attached hydrogens (tertiary/aromatic N) is 1. The summed E-state index contributed by atoms with van der Waals surface area (Å²) in [5.74, 6) is 1.31. The third-order valence-electron chi connectivity index (χ3n) is 5.45. The lowest BCUT2D eigenvalue weighted by atomic mass is 9.86. The fraction of sp³-hybridized carbons (Fsp3) is 0.667. The molecule has 1 atom stereocenters. The van der Waals surface area contributed by atoms with E-state index in [1.54, 1.807) is 0 Å². The summed E-state index contributed by atoms with van der Waals surface area (Å²) in [7, 11) is 0. The Kier molecular flexibility index (Phi) is 7.18. The first-order chi connectivity index (χ1) is 12.7. The number of fused-ring (bicyclic) bond motifs is 3. The van der Waals surface area contributed by atoms with Gasteiger partial charge in [0.15, 0.2) is 0 Å². The van der Waals surface area contributed by atoms with Crippen molar-refractivity contribution in [3.63, 3.8) is 0 Å². The van der Waals surface area contributed by atoms with Crippen molar-refractivity contribution in [3.8, 4) is 5.75 Å². The van der Waals surface area contributed by atoms with Crippen LogP contribution in [0, 0.1) is 5.92 Å². The Morgan fingerprint density at radius 2 is 2.00 bits per heavy atom. The summed E-state index contributed by atoms with van der Waals surface area (Å²) in [6, 6.07) is 7.56. The lowest BCUT2D eigenvalue weighted by Gasteiger charge is -2.43. The summed E-state index contributed by atoms with van der Waals surface area (Å²) in [6.07, 6.45) is 8.04. The third kappa shape index (κ3) is 5.63. The summed E-state index contributed by atoms with van der Waals surface area (Å²) >= 11 is 0. The molecule has 4 rings (SSSR count). The molecule has 1 amide bonds. The molecule has 5 nitrogen and oxygen atoms in total. The average Bonchev–Trinajstić information content (AvgIpc) is 2.66. The SMILES string of the molecule is CCCCCCCOc1cccc(NC(=O)O[C@H]2CN3CCC2CC3)c1. The predicted molar refractivity (Wildman–Crippen MR) is 104 cm³/mol. The zero-order valence-corrected chi connectivity index (χ0v) is 15.9. The van der Waals surface area contributed by atoms with Crippen LogP contribution in [0.15, 0.2) is 24.3 Å². The van der Waals surface area contributed by atoms with Gasteiger partial charge in [0, 0.05) is 18.3 Å². The van der Waals surface area contributed by atoms with Gasteiger partial charge in [-0.3, -0.25) is 10.2 Å². The highest BCUT2D eigenvalue weighted by molar-refractivity contribution is 5.85. The van der Waals surface area contributed by atoms with Crippen LogP contribution >= 0.6 is 0 Å². The molecule has 144 valence electrons. The second-order valence-electron chi connectivity index (χ2n) is 7.50. The Labute approximate surface area is 157 Å². The molecule has 26 heavy (non-hydrogen) atoms. The first kappa shape index (κ1) is 19.0. The average molecular weight is 360 g/mol. The highest BCUT2D eigenvalue weighted by atomic mass is 16.6. The molecule has 2 bridgehead atoms. The van der Waals surface area contributed by atoms with E-state index in [4.69, 9.17) is 9.47 Å². The van der Waals surface area contributed by atoms with Gasteiger partial charge in [0.05, 0.1) is 6.61 Å². The minimum Gasteiger partial charge on any atom is -0.494 e. The van der Waals surface area contributed by atoms with Gasteiger partial charge in [-0.15, -0.1) is 0 Å². The molecule has 3 aliphatic heterocycles. The van der Waals surface area contributed by atoms with Crippen LogP contribution < -0.4 is 10.1 Å². The van der Waals surface area contributed by atoms with Crippen molar-refractivity contribution in [1.29, 1.82) is 0 Å². The summed E-state index contributed by atoms with van der Waals surface area (Å²) in [5, 5.41) is 2.85. The predicted octanol–water partition coefficient (Wildman–Crippen LogP) is 4.68. The van der Waals surface area contributed by atoms with Gasteiger partial charge in [-0.25, -0.2) is 4.79 Å². The van der Waals surface area contributed by atoms with Crippen LogP contribution in [-0.4, -0.2) is 43.3 Å². The summed E-state index contributed by atoms with van der Waals surface area (Å²) in [5.41, 5.74) is 0.722. The molecule has 0 aromatic heterocycles. The van der Waals surface area contributed by atoms with E-state index in [1.165, 1.54) is 25.7 Å². The van der Waals surface area contributed by atoms with Crippen LogP contribution in [0.5, 0.6) is 5.75 Å². The molecule has 1 aromatic carbocycles. The molecule has 1 aromatic rings. The lowest BCUT2D eigenvalue weighted by molar-refractivity contribution is -0.0289. The Hall–Kier alpha value is -1.75. The number of hydrogen-bond donors (Lipinski definition) is 1. The van der Waals surface area contributed by atoms with Crippen LogP contribution in [0.2, 0.25) is 0 Å². The third-order valence-corrected chi connectivity index (χ3v) is 5.45. The highest BCUT2D eigenvalue weighted by Crippen LogP contribution is 2.29. The molecule has 0 radical (unpaired) electrons. The number of benzene rings is 1. The number of nitrogens with one attached hydrogen (secondary N) is 1. The maximum atomic E-state index is 12.2. The van der Waals surface area contributed by atoms with Gasteiger partial charge in [-0.1, -0.05) is 38.7 Å². The first-order valence-corrected chi connectivity index (χ1v) is 10.2. The number of ether oxygens (including phenoxy) is 2. The van der Waals surface area contributed by atoms with Crippen LogP contribution in [0.1, 0.15) is 51.9 Å². The van der Waals surface area contributed by atoms with Crippen molar-refractivity contribution >= 4 is 11.8 Å². The van der Waals surface area contributed by atoms with Crippen molar-refractivity contribution < 1.29 is 14.3 Å². The smallest absolute Gasteiger partial charge is 0.411 e. The number of rotatable bonds is 9. The van der Waals surface area contributed by atoms with Crippen LogP contribution in [0.25, 0.3) is 0 Å². The molecule has 0 spiro atoms. The van der Waals surface area contributed by atoms with Crippen LogP contribution in [0.3, 0.4) is 0 Å². The molecule has 3 fully saturated rings. The molecular formula is C21H32N2O3. The van der Waals surface area contributed by atoms with Gasteiger partial charge < -0.3 is 9.47 Å². The number of hydrogen-bond acceptors (Lipinski definition) is 4.